The number of carboxylic acid groups (broad SMARTS) is 3. The molecule has 0 spiro atoms. The molecule has 18 nitrogen and oxygen atoms in total. The first kappa shape index (κ1) is 39.4. The van der Waals surface area contributed by atoms with Crippen molar-refractivity contribution in [1.82, 2.24) is 15.5 Å². The molecule has 0 saturated carbocycles. The topological polar surface area (TPSA) is 260 Å². The van der Waals surface area contributed by atoms with Crippen molar-refractivity contribution < 1.29 is 73.2 Å². The van der Waals surface area contributed by atoms with E-state index in [1.807, 2.05) is 0 Å². The maximum atomic E-state index is 12.9. The second-order valence-corrected chi connectivity index (χ2v) is 12.1. The molecule has 2 aliphatic heterocycles. The van der Waals surface area contributed by atoms with Crippen molar-refractivity contribution >= 4 is 29.9 Å². The number of nitrogens with one attached hydrogen (secondary N) is 2. The zero-order chi connectivity index (χ0) is 36.2. The van der Waals surface area contributed by atoms with Gasteiger partial charge in [0.05, 0.1) is 32.7 Å². The van der Waals surface area contributed by atoms with Crippen molar-refractivity contribution in [2.75, 3.05) is 65.8 Å². The van der Waals surface area contributed by atoms with Gasteiger partial charge in [-0.15, -0.1) is 0 Å². The van der Waals surface area contributed by atoms with Crippen molar-refractivity contribution in [2.45, 2.75) is 56.2 Å². The molecule has 7 N–H and O–H groups in total. The number of carboxylic acids is 3. The third kappa shape index (κ3) is 12.1. The molecule has 2 fully saturated rings. The molecule has 5 atom stereocenters. The standard InChI is InChI=1S/C31H45N3O15/c1-30(2)48-18-22(49-30)17-47-25(38)13-23(26(27(39)40)31(44,28(41)42)14-24(36)37)19-3-5-21(6-4-19)46-16-20(35)15-32-7-8-33-29(43)34-9-11-45-12-10-34/h3-6,20,22-23,26,32,35,44H,7-18H2,1-2H3,(H,33,43)(H,36,37)(H,39,40)(H,41,42)/t20-,22+,23?,26?,31?/m0/s1. The number of hydrogen-bond donors (Lipinski definition) is 7. The largest absolute Gasteiger partial charge is 0.491 e. The highest BCUT2D eigenvalue weighted by atomic mass is 16.7. The van der Waals surface area contributed by atoms with Gasteiger partial charge in [0.15, 0.2) is 11.4 Å². The molecule has 2 saturated heterocycles. The summed E-state index contributed by atoms with van der Waals surface area (Å²) in [6, 6.07) is 5.25. The predicted octanol–water partition coefficient (Wildman–Crippen LogP) is -0.783. The highest BCUT2D eigenvalue weighted by molar-refractivity contribution is 5.90. The lowest BCUT2D eigenvalue weighted by Gasteiger charge is -2.34. The summed E-state index contributed by atoms with van der Waals surface area (Å²) in [5.41, 5.74) is -3.23. The molecule has 1 aromatic rings. The van der Waals surface area contributed by atoms with Gasteiger partial charge in [-0.2, -0.15) is 0 Å². The van der Waals surface area contributed by atoms with Gasteiger partial charge in [0.25, 0.3) is 0 Å². The van der Waals surface area contributed by atoms with E-state index in [1.165, 1.54) is 24.3 Å². The number of hydrogen-bond acceptors (Lipinski definition) is 13. The van der Waals surface area contributed by atoms with E-state index in [4.69, 9.17) is 23.7 Å². The Morgan fingerprint density at radius 1 is 1.06 bits per heavy atom. The van der Waals surface area contributed by atoms with Gasteiger partial charge < -0.3 is 64.8 Å². The lowest BCUT2D eigenvalue weighted by atomic mass is 9.72. The van der Waals surface area contributed by atoms with E-state index in [9.17, 15) is 49.5 Å². The minimum absolute atomic E-state index is 0.0738. The summed E-state index contributed by atoms with van der Waals surface area (Å²) in [6.07, 6.45) is -3.75. The van der Waals surface area contributed by atoms with E-state index in [0.717, 1.165) is 0 Å². The monoisotopic (exact) mass is 699 g/mol. The van der Waals surface area contributed by atoms with Crippen LogP contribution in [0.2, 0.25) is 0 Å². The minimum Gasteiger partial charge on any atom is -0.491 e. The van der Waals surface area contributed by atoms with Crippen LogP contribution in [0.4, 0.5) is 4.79 Å². The number of amides is 2. The molecule has 49 heavy (non-hydrogen) atoms. The van der Waals surface area contributed by atoms with E-state index in [1.54, 1.807) is 18.7 Å². The number of rotatable bonds is 19. The highest BCUT2D eigenvalue weighted by Crippen LogP contribution is 2.39. The number of aliphatic hydroxyl groups is 2. The predicted molar refractivity (Wildman–Crippen MR) is 166 cm³/mol. The lowest BCUT2D eigenvalue weighted by molar-refractivity contribution is -0.181. The van der Waals surface area contributed by atoms with Crippen LogP contribution in [0.1, 0.15) is 38.2 Å². The molecule has 274 valence electrons. The number of esters is 1. The molecule has 3 rings (SSSR count). The van der Waals surface area contributed by atoms with Crippen molar-refractivity contribution in [3.8, 4) is 5.75 Å². The number of benzene rings is 1. The first-order valence-corrected chi connectivity index (χ1v) is 15.7. The van der Waals surface area contributed by atoms with Crippen LogP contribution in [-0.2, 0) is 38.1 Å². The number of carbonyl (C=O) groups is 5. The van der Waals surface area contributed by atoms with Crippen molar-refractivity contribution in [3.05, 3.63) is 29.8 Å². The summed E-state index contributed by atoms with van der Waals surface area (Å²) >= 11 is 0. The van der Waals surface area contributed by atoms with Gasteiger partial charge in [-0.3, -0.25) is 14.4 Å². The zero-order valence-electron chi connectivity index (χ0n) is 27.4. The fourth-order valence-corrected chi connectivity index (χ4v) is 5.42. The van der Waals surface area contributed by atoms with E-state index >= 15 is 0 Å². The number of aliphatic hydroxyl groups excluding tert-OH is 1. The highest BCUT2D eigenvalue weighted by Gasteiger charge is 2.54. The van der Waals surface area contributed by atoms with Crippen LogP contribution in [0.25, 0.3) is 0 Å². The van der Waals surface area contributed by atoms with Gasteiger partial charge in [-0.1, -0.05) is 12.1 Å². The molecule has 2 heterocycles. The summed E-state index contributed by atoms with van der Waals surface area (Å²) in [6.45, 7) is 5.94. The van der Waals surface area contributed by atoms with Gasteiger partial charge in [0, 0.05) is 38.6 Å². The summed E-state index contributed by atoms with van der Waals surface area (Å²) in [4.78, 5) is 62.7. The Morgan fingerprint density at radius 3 is 2.31 bits per heavy atom. The molecule has 3 unspecified atom stereocenters. The Hall–Kier alpha value is -4.07. The fraction of sp³-hybridized carbons (Fsp3) is 0.645. The molecule has 0 aliphatic carbocycles. The maximum absolute atomic E-state index is 12.9. The Bertz CT molecular complexity index is 1290. The summed E-state index contributed by atoms with van der Waals surface area (Å²) in [5.74, 6) is -11.2. The molecule has 0 radical (unpaired) electrons. The first-order chi connectivity index (χ1) is 23.1. The van der Waals surface area contributed by atoms with Gasteiger partial charge in [0.1, 0.15) is 37.1 Å². The molecule has 1 aromatic carbocycles. The molecule has 0 bridgehead atoms. The molecule has 2 amide bonds. The van der Waals surface area contributed by atoms with Gasteiger partial charge in [-0.05, 0) is 31.5 Å². The van der Waals surface area contributed by atoms with E-state index in [0.29, 0.717) is 39.4 Å². The number of nitrogens with zero attached hydrogens (tertiary/aromatic N) is 1. The third-order valence-electron chi connectivity index (χ3n) is 7.87. The van der Waals surface area contributed by atoms with Crippen molar-refractivity contribution in [3.63, 3.8) is 0 Å². The van der Waals surface area contributed by atoms with Gasteiger partial charge in [-0.25, -0.2) is 9.59 Å². The molecule has 0 aromatic heterocycles. The van der Waals surface area contributed by atoms with Crippen LogP contribution in [-0.4, -0.2) is 150 Å². The van der Waals surface area contributed by atoms with Crippen molar-refractivity contribution in [1.29, 1.82) is 0 Å². The smallest absolute Gasteiger partial charge is 0.337 e. The second kappa shape index (κ2) is 18.1. The van der Waals surface area contributed by atoms with Crippen LogP contribution in [0.3, 0.4) is 0 Å². The quantitative estimate of drug-likeness (QED) is 0.0690. The van der Waals surface area contributed by atoms with Crippen LogP contribution >= 0.6 is 0 Å². The summed E-state index contributed by atoms with van der Waals surface area (Å²) in [7, 11) is 0. The van der Waals surface area contributed by atoms with E-state index in [-0.39, 0.29) is 43.7 Å². The van der Waals surface area contributed by atoms with Crippen molar-refractivity contribution in [2.24, 2.45) is 5.92 Å². The fourth-order valence-electron chi connectivity index (χ4n) is 5.42. The minimum atomic E-state index is -3.30. The lowest BCUT2D eigenvalue weighted by Crippen LogP contribution is -2.53. The van der Waals surface area contributed by atoms with Gasteiger partial charge >= 0.3 is 29.9 Å². The molecular formula is C31H45N3O15. The Kier molecular flexibility index (Phi) is 14.5. The SMILES string of the molecule is CC1(C)OC[C@@H](COC(=O)CC(c2ccc(OC[C@@H](O)CNCCNC(=O)N3CCOCC3)cc2)C(C(=O)O)C(O)(CC(=O)O)C(=O)O)O1. The molecule has 2 aliphatic rings. The van der Waals surface area contributed by atoms with Crippen LogP contribution < -0.4 is 15.4 Å². The second-order valence-electron chi connectivity index (χ2n) is 12.1. The number of ether oxygens (including phenoxy) is 5. The van der Waals surface area contributed by atoms with Crippen LogP contribution in [0.5, 0.6) is 5.75 Å². The van der Waals surface area contributed by atoms with E-state index < -0.39 is 72.2 Å². The number of morpholine rings is 1. The average Bonchev–Trinajstić information content (AvgIpc) is 3.40. The Labute approximate surface area is 282 Å². The first-order valence-electron chi connectivity index (χ1n) is 15.7. The number of urea groups is 1. The summed E-state index contributed by atoms with van der Waals surface area (Å²) in [5, 5.41) is 56.2. The zero-order valence-corrected chi connectivity index (χ0v) is 27.4. The Balaban J connectivity index is 1.62. The van der Waals surface area contributed by atoms with E-state index in [2.05, 4.69) is 10.6 Å². The van der Waals surface area contributed by atoms with Crippen LogP contribution in [0, 0.1) is 5.92 Å². The average molecular weight is 700 g/mol. The van der Waals surface area contributed by atoms with Crippen LogP contribution in [0.15, 0.2) is 24.3 Å². The molecule has 18 heteroatoms. The third-order valence-corrected chi connectivity index (χ3v) is 7.87. The summed E-state index contributed by atoms with van der Waals surface area (Å²) < 4.78 is 27.1. The normalized spacial score (nSPS) is 20.3. The molecular weight excluding hydrogens is 654 g/mol. The van der Waals surface area contributed by atoms with Gasteiger partial charge in [0.2, 0.25) is 0 Å². The number of aliphatic carboxylic acids is 3. The Morgan fingerprint density at radius 2 is 1.73 bits per heavy atom. The maximum Gasteiger partial charge on any atom is 0.337 e. The number of carbonyl (C=O) groups excluding carboxylic acids is 2.